The van der Waals surface area contributed by atoms with Crippen LogP contribution in [-0.4, -0.2) is 34.1 Å². The zero-order valence-electron chi connectivity index (χ0n) is 48.6. The Bertz CT molecular complexity index is 5800. The average Bonchev–Trinajstić information content (AvgIpc) is 0.903. The summed E-state index contributed by atoms with van der Waals surface area (Å²) in [6, 6.07) is 105. The van der Waals surface area contributed by atoms with Crippen molar-refractivity contribution >= 4 is 86.7 Å². The Morgan fingerprint density at radius 1 is 0.244 bits per heavy atom. The molecule has 0 spiro atoms. The molecule has 7 nitrogen and oxygen atoms in total. The van der Waals surface area contributed by atoms with Crippen LogP contribution in [0.3, 0.4) is 0 Å². The summed E-state index contributed by atoms with van der Waals surface area (Å²) in [4.78, 5) is 25.4. The van der Waals surface area contributed by atoms with Gasteiger partial charge in [0.2, 0.25) is 0 Å². The van der Waals surface area contributed by atoms with Crippen molar-refractivity contribution in [1.82, 2.24) is 34.1 Å². The first-order valence-electron chi connectivity index (χ1n) is 30.4. The van der Waals surface area contributed by atoms with E-state index in [1.165, 1.54) is 81.7 Å². The van der Waals surface area contributed by atoms with Crippen molar-refractivity contribution in [3.05, 3.63) is 310 Å². The Morgan fingerprint density at radius 3 is 1.31 bits per heavy atom. The van der Waals surface area contributed by atoms with E-state index in [9.17, 15) is 0 Å². The molecule has 0 atom stereocenters. The van der Waals surface area contributed by atoms with E-state index in [-0.39, 0.29) is 0 Å². The van der Waals surface area contributed by atoms with E-state index < -0.39 is 0 Å². The predicted molar refractivity (Wildman–Crippen MR) is 372 cm³/mol. The van der Waals surface area contributed by atoms with E-state index >= 15 is 0 Å². The summed E-state index contributed by atoms with van der Waals surface area (Å²) in [5.74, 6) is 2.37. The van der Waals surface area contributed by atoms with Crippen LogP contribution in [0.2, 0.25) is 0 Å². The van der Waals surface area contributed by atoms with Crippen LogP contribution in [0.25, 0.3) is 177 Å². The van der Waals surface area contributed by atoms with Gasteiger partial charge in [-0.2, -0.15) is 0 Å². The molecule has 0 amide bonds. The molecule has 418 valence electrons. The minimum Gasteiger partial charge on any atom is -0.292 e. The predicted octanol–water partition coefficient (Wildman–Crippen LogP) is 21.1. The van der Waals surface area contributed by atoms with Crippen molar-refractivity contribution < 1.29 is 0 Å². The van der Waals surface area contributed by atoms with E-state index in [0.717, 1.165) is 95.2 Å². The quantitative estimate of drug-likeness (QED) is 0.135. The zero-order chi connectivity index (χ0) is 59.2. The van der Waals surface area contributed by atoms with Gasteiger partial charge in [0, 0.05) is 29.7 Å². The number of rotatable bonds is 9. The standard InChI is InChI=1S/C83H51N7/c1-2-18-53(19-3-1)82-88-74-50-60(39-41-75(74)89(82)62-42-45-84-46-43-62)80-67-25-10-6-21-63(67)79(64-22-7-11-26-68(64)80)59-37-34-55-47-57(35-33-56(55)49-59)71-29-16-30-73(86-71)83-87-72-40-38-61(51-76(72)90(83)77-31-14-15-44-85-77)81-69-27-12-8-23-65(69)78(66-24-9-13-28-70(66)81)58-36-32-52-17-4-5-20-54(52)48-58/h1-51H. The second kappa shape index (κ2) is 20.8. The highest BCUT2D eigenvalue weighted by Crippen LogP contribution is 2.48. The Hall–Kier alpha value is -12.2. The number of aromatic nitrogens is 7. The summed E-state index contributed by atoms with van der Waals surface area (Å²) in [5, 5.41) is 14.3. The maximum Gasteiger partial charge on any atom is 0.165 e. The normalized spacial score (nSPS) is 11.8. The van der Waals surface area contributed by atoms with E-state index in [0.29, 0.717) is 0 Å². The molecule has 0 saturated carbocycles. The summed E-state index contributed by atoms with van der Waals surface area (Å²) in [6.45, 7) is 0. The fourth-order valence-electron chi connectivity index (χ4n) is 14.0. The van der Waals surface area contributed by atoms with E-state index in [1.807, 2.05) is 55.0 Å². The molecule has 0 aliphatic heterocycles. The molecule has 0 fully saturated rings. The summed E-state index contributed by atoms with van der Waals surface area (Å²) in [6.07, 6.45) is 5.52. The van der Waals surface area contributed by atoms with E-state index in [2.05, 4.69) is 269 Å². The molecular formula is C83H51N7. The van der Waals surface area contributed by atoms with Gasteiger partial charge in [-0.1, -0.05) is 212 Å². The number of benzene rings is 13. The van der Waals surface area contributed by atoms with Crippen LogP contribution < -0.4 is 0 Å². The van der Waals surface area contributed by atoms with Crippen molar-refractivity contribution in [1.29, 1.82) is 0 Å². The van der Waals surface area contributed by atoms with Crippen molar-refractivity contribution in [3.8, 4) is 90.2 Å². The first-order chi connectivity index (χ1) is 44.6. The number of fused-ring (bicyclic) bond motifs is 8. The second-order valence-corrected chi connectivity index (χ2v) is 23.1. The lowest BCUT2D eigenvalue weighted by molar-refractivity contribution is 1.02. The molecule has 5 aromatic heterocycles. The number of pyridine rings is 3. The highest BCUT2D eigenvalue weighted by Gasteiger charge is 2.24. The fraction of sp³-hybridized carbons (Fsp3) is 0. The molecule has 0 radical (unpaired) electrons. The summed E-state index contributed by atoms with van der Waals surface area (Å²) in [7, 11) is 0. The Kier molecular flexibility index (Phi) is 11.8. The first kappa shape index (κ1) is 51.1. The number of imidazole rings is 2. The van der Waals surface area contributed by atoms with Crippen LogP contribution >= 0.6 is 0 Å². The van der Waals surface area contributed by atoms with Gasteiger partial charge in [0.1, 0.15) is 17.3 Å². The highest BCUT2D eigenvalue weighted by molar-refractivity contribution is 6.23. The molecule has 0 bridgehead atoms. The largest absolute Gasteiger partial charge is 0.292 e. The van der Waals surface area contributed by atoms with Crippen LogP contribution in [0, 0.1) is 0 Å². The minimum atomic E-state index is 0.717. The molecular weight excluding hydrogens is 1090 g/mol. The number of nitrogens with zero attached hydrogens (tertiary/aromatic N) is 7. The SMILES string of the molecule is c1ccc(-c2nc3cc(-c4c5ccccc5c(-c5ccc6cc(-c7cccc(-c8nc9ccc(-c%10c%11ccccc%11c(-c%11ccc%12ccccc%12c%11)c%11ccccc%10%11)cc9n8-c8ccccn8)n7)ccc6c5)c5ccccc45)ccc3n2-c2ccncc2)cc1. The molecule has 18 aromatic rings. The maximum absolute atomic E-state index is 5.42. The smallest absolute Gasteiger partial charge is 0.165 e. The molecule has 90 heavy (non-hydrogen) atoms. The van der Waals surface area contributed by atoms with Gasteiger partial charge >= 0.3 is 0 Å². The van der Waals surface area contributed by atoms with Crippen LogP contribution in [0.4, 0.5) is 0 Å². The Morgan fingerprint density at radius 2 is 0.711 bits per heavy atom. The van der Waals surface area contributed by atoms with Crippen molar-refractivity contribution in [2.45, 2.75) is 0 Å². The van der Waals surface area contributed by atoms with Gasteiger partial charge in [0.25, 0.3) is 0 Å². The molecule has 0 aliphatic rings. The van der Waals surface area contributed by atoms with Gasteiger partial charge in [0.15, 0.2) is 5.82 Å². The van der Waals surface area contributed by atoms with Crippen LogP contribution in [0.5, 0.6) is 0 Å². The molecule has 7 heteroatoms. The maximum atomic E-state index is 5.42. The molecule has 0 aliphatic carbocycles. The third kappa shape index (κ3) is 8.32. The van der Waals surface area contributed by atoms with Crippen LogP contribution in [0.1, 0.15) is 0 Å². The molecule has 13 aromatic carbocycles. The van der Waals surface area contributed by atoms with Crippen molar-refractivity contribution in [2.24, 2.45) is 0 Å². The molecule has 0 N–H and O–H groups in total. The first-order valence-corrected chi connectivity index (χ1v) is 30.4. The number of hydrogen-bond acceptors (Lipinski definition) is 5. The molecule has 5 heterocycles. The van der Waals surface area contributed by atoms with Crippen molar-refractivity contribution in [3.63, 3.8) is 0 Å². The minimum absolute atomic E-state index is 0.717. The summed E-state index contributed by atoms with van der Waals surface area (Å²) in [5.41, 5.74) is 17.8. The monoisotopic (exact) mass is 1150 g/mol. The molecule has 0 unspecified atom stereocenters. The third-order valence-electron chi connectivity index (χ3n) is 18.0. The second-order valence-electron chi connectivity index (χ2n) is 23.1. The van der Waals surface area contributed by atoms with Gasteiger partial charge in [-0.3, -0.25) is 14.1 Å². The Labute approximate surface area is 517 Å². The van der Waals surface area contributed by atoms with Gasteiger partial charge in [0.05, 0.1) is 33.4 Å². The van der Waals surface area contributed by atoms with Gasteiger partial charge in [-0.25, -0.2) is 19.9 Å². The van der Waals surface area contributed by atoms with E-state index in [1.54, 1.807) is 0 Å². The molecule has 18 rings (SSSR count). The Balaban J connectivity index is 0.721. The zero-order valence-corrected chi connectivity index (χ0v) is 48.6. The number of hydrogen-bond donors (Lipinski definition) is 0. The third-order valence-corrected chi connectivity index (χ3v) is 18.0. The van der Waals surface area contributed by atoms with Crippen molar-refractivity contribution in [2.75, 3.05) is 0 Å². The topological polar surface area (TPSA) is 74.3 Å². The van der Waals surface area contributed by atoms with Crippen LogP contribution in [-0.2, 0) is 0 Å². The lowest BCUT2D eigenvalue weighted by Crippen LogP contribution is -2.01. The summed E-state index contributed by atoms with van der Waals surface area (Å²) < 4.78 is 4.40. The van der Waals surface area contributed by atoms with Gasteiger partial charge in [-0.05, 0) is 188 Å². The lowest BCUT2D eigenvalue weighted by Gasteiger charge is -2.18. The summed E-state index contributed by atoms with van der Waals surface area (Å²) >= 11 is 0. The average molecular weight is 1150 g/mol. The van der Waals surface area contributed by atoms with Crippen LogP contribution in [0.15, 0.2) is 310 Å². The fourth-order valence-corrected chi connectivity index (χ4v) is 14.0. The van der Waals surface area contributed by atoms with E-state index in [4.69, 9.17) is 19.9 Å². The van der Waals surface area contributed by atoms with Gasteiger partial charge < -0.3 is 0 Å². The van der Waals surface area contributed by atoms with Gasteiger partial charge in [-0.15, -0.1) is 0 Å². The highest BCUT2D eigenvalue weighted by atomic mass is 15.1. The lowest BCUT2D eigenvalue weighted by atomic mass is 9.85. The molecule has 0 saturated heterocycles.